The fourth-order valence-electron chi connectivity index (χ4n) is 1.78. The Balaban J connectivity index is 2.49. The first kappa shape index (κ1) is 10.9. The van der Waals surface area contributed by atoms with Gasteiger partial charge in [0, 0.05) is 6.20 Å². The van der Waals surface area contributed by atoms with Crippen LogP contribution in [0.5, 0.6) is 0 Å². The molecule has 0 aliphatic rings. The Labute approximate surface area is 96.9 Å². The van der Waals surface area contributed by atoms with E-state index in [2.05, 4.69) is 67.8 Å². The van der Waals surface area contributed by atoms with Gasteiger partial charge >= 0.3 is 0 Å². The van der Waals surface area contributed by atoms with Gasteiger partial charge in [0.15, 0.2) is 0 Å². The van der Waals surface area contributed by atoms with Crippen LogP contribution in [0.3, 0.4) is 0 Å². The van der Waals surface area contributed by atoms with Crippen molar-refractivity contribution in [2.75, 3.05) is 0 Å². The minimum absolute atomic E-state index is 0.0176. The summed E-state index contributed by atoms with van der Waals surface area (Å²) < 4.78 is 2.07. The van der Waals surface area contributed by atoms with E-state index in [0.717, 1.165) is 0 Å². The molecule has 0 radical (unpaired) electrons. The maximum Gasteiger partial charge on any atom is 0.0688 e. The van der Waals surface area contributed by atoms with E-state index < -0.39 is 0 Å². The molecule has 2 rings (SSSR count). The highest BCUT2D eigenvalue weighted by Gasteiger charge is 2.17. The number of hydrogen-bond acceptors (Lipinski definition) is 1. The van der Waals surface area contributed by atoms with E-state index in [1.807, 2.05) is 6.20 Å². The molecule has 0 amide bonds. The maximum atomic E-state index is 4.40. The minimum atomic E-state index is 0.0176. The predicted molar refractivity (Wildman–Crippen MR) is 67.4 cm³/mol. The molecule has 1 heterocycles. The zero-order valence-electron chi connectivity index (χ0n) is 10.4. The van der Waals surface area contributed by atoms with Gasteiger partial charge in [0.25, 0.3) is 0 Å². The van der Waals surface area contributed by atoms with E-state index in [4.69, 9.17) is 0 Å². The maximum absolute atomic E-state index is 4.40. The molecular formula is C14H18N2. The van der Waals surface area contributed by atoms with Gasteiger partial charge in [-0.2, -0.15) is 5.10 Å². The summed E-state index contributed by atoms with van der Waals surface area (Å²) in [5, 5.41) is 4.40. The van der Waals surface area contributed by atoms with Gasteiger partial charge in [-0.25, -0.2) is 0 Å². The molecule has 2 nitrogen and oxygen atoms in total. The van der Waals surface area contributed by atoms with Crippen LogP contribution >= 0.6 is 0 Å². The minimum Gasteiger partial charge on any atom is -0.260 e. The monoisotopic (exact) mass is 214 g/mol. The van der Waals surface area contributed by atoms with Crippen LogP contribution in [0, 0.1) is 6.92 Å². The normalized spacial score (nSPS) is 11.8. The average molecular weight is 214 g/mol. The van der Waals surface area contributed by atoms with E-state index in [-0.39, 0.29) is 5.54 Å². The molecule has 0 spiro atoms. The van der Waals surface area contributed by atoms with Gasteiger partial charge in [0.1, 0.15) is 0 Å². The molecule has 0 aliphatic carbocycles. The second kappa shape index (κ2) is 3.78. The van der Waals surface area contributed by atoms with Crippen LogP contribution < -0.4 is 0 Å². The van der Waals surface area contributed by atoms with Gasteiger partial charge in [-0.1, -0.05) is 29.8 Å². The summed E-state index contributed by atoms with van der Waals surface area (Å²) in [5.74, 6) is 0. The van der Waals surface area contributed by atoms with E-state index >= 15 is 0 Å². The van der Waals surface area contributed by atoms with Crippen LogP contribution in [0.1, 0.15) is 26.3 Å². The number of aryl methyl sites for hydroxylation is 1. The number of nitrogens with zero attached hydrogens (tertiary/aromatic N) is 2. The smallest absolute Gasteiger partial charge is 0.0688 e. The van der Waals surface area contributed by atoms with Gasteiger partial charge < -0.3 is 0 Å². The largest absolute Gasteiger partial charge is 0.260 e. The first-order valence-corrected chi connectivity index (χ1v) is 5.60. The van der Waals surface area contributed by atoms with Gasteiger partial charge in [0.2, 0.25) is 0 Å². The Bertz CT molecular complexity index is 472. The average Bonchev–Trinajstić information content (AvgIpc) is 2.66. The number of benzene rings is 1. The lowest BCUT2D eigenvalue weighted by molar-refractivity contribution is 0.360. The van der Waals surface area contributed by atoms with E-state index in [9.17, 15) is 0 Å². The van der Waals surface area contributed by atoms with Gasteiger partial charge in [-0.05, 0) is 39.3 Å². The summed E-state index contributed by atoms with van der Waals surface area (Å²) in [5.41, 5.74) is 3.69. The molecule has 2 aromatic rings. The lowest BCUT2D eigenvalue weighted by Crippen LogP contribution is -2.23. The molecule has 0 N–H and O–H groups in total. The topological polar surface area (TPSA) is 17.8 Å². The van der Waals surface area contributed by atoms with Crippen LogP contribution in [0.4, 0.5) is 0 Å². The summed E-state index contributed by atoms with van der Waals surface area (Å²) in [6, 6.07) is 10.6. The fourth-order valence-corrected chi connectivity index (χ4v) is 1.78. The van der Waals surface area contributed by atoms with Crippen LogP contribution in [-0.4, -0.2) is 9.78 Å². The Morgan fingerprint density at radius 2 is 1.62 bits per heavy atom. The molecule has 0 unspecified atom stereocenters. The second-order valence-electron chi connectivity index (χ2n) is 5.17. The van der Waals surface area contributed by atoms with Gasteiger partial charge in [0.05, 0.1) is 11.2 Å². The Hall–Kier alpha value is -1.57. The summed E-state index contributed by atoms with van der Waals surface area (Å²) >= 11 is 0. The third-order valence-corrected chi connectivity index (χ3v) is 2.63. The standard InChI is InChI=1S/C14H18N2/c1-11-5-7-12(8-6-11)13-9-10-15-16(13)14(2,3)4/h5-10H,1-4H3. The number of hydrogen-bond donors (Lipinski definition) is 0. The molecule has 0 fully saturated rings. The molecular weight excluding hydrogens is 196 g/mol. The summed E-state index contributed by atoms with van der Waals surface area (Å²) in [4.78, 5) is 0. The zero-order valence-corrected chi connectivity index (χ0v) is 10.4. The molecule has 0 bridgehead atoms. The summed E-state index contributed by atoms with van der Waals surface area (Å²) in [6.45, 7) is 8.60. The second-order valence-corrected chi connectivity index (χ2v) is 5.17. The molecule has 0 saturated carbocycles. The highest BCUT2D eigenvalue weighted by Crippen LogP contribution is 2.25. The van der Waals surface area contributed by atoms with Crippen molar-refractivity contribution in [2.24, 2.45) is 0 Å². The first-order chi connectivity index (χ1) is 7.48. The quantitative estimate of drug-likeness (QED) is 0.709. The molecule has 84 valence electrons. The Morgan fingerprint density at radius 3 is 2.19 bits per heavy atom. The van der Waals surface area contributed by atoms with Crippen LogP contribution in [0.15, 0.2) is 36.5 Å². The number of aromatic nitrogens is 2. The van der Waals surface area contributed by atoms with Crippen LogP contribution in [0.25, 0.3) is 11.3 Å². The van der Waals surface area contributed by atoms with Crippen molar-refractivity contribution in [3.8, 4) is 11.3 Å². The van der Waals surface area contributed by atoms with Crippen molar-refractivity contribution in [1.29, 1.82) is 0 Å². The first-order valence-electron chi connectivity index (χ1n) is 5.60. The van der Waals surface area contributed by atoms with Crippen molar-refractivity contribution in [1.82, 2.24) is 9.78 Å². The van der Waals surface area contributed by atoms with E-state index in [0.29, 0.717) is 0 Å². The zero-order chi connectivity index (χ0) is 11.8. The molecule has 0 atom stereocenters. The van der Waals surface area contributed by atoms with E-state index in [1.165, 1.54) is 16.8 Å². The summed E-state index contributed by atoms with van der Waals surface area (Å²) in [7, 11) is 0. The van der Waals surface area contributed by atoms with Crippen molar-refractivity contribution in [3.63, 3.8) is 0 Å². The molecule has 1 aromatic carbocycles. The predicted octanol–water partition coefficient (Wildman–Crippen LogP) is 3.61. The third kappa shape index (κ3) is 2.01. The summed E-state index contributed by atoms with van der Waals surface area (Å²) in [6.07, 6.45) is 1.86. The highest BCUT2D eigenvalue weighted by molar-refractivity contribution is 5.59. The lowest BCUT2D eigenvalue weighted by Gasteiger charge is -2.22. The van der Waals surface area contributed by atoms with Crippen molar-refractivity contribution in [3.05, 3.63) is 42.1 Å². The van der Waals surface area contributed by atoms with Crippen LogP contribution in [-0.2, 0) is 5.54 Å². The van der Waals surface area contributed by atoms with Gasteiger partial charge in [-0.3, -0.25) is 4.68 Å². The SMILES string of the molecule is Cc1ccc(-c2ccnn2C(C)(C)C)cc1. The van der Waals surface area contributed by atoms with Crippen LogP contribution in [0.2, 0.25) is 0 Å². The molecule has 1 aromatic heterocycles. The van der Waals surface area contributed by atoms with Crippen molar-refractivity contribution < 1.29 is 0 Å². The van der Waals surface area contributed by atoms with Crippen molar-refractivity contribution in [2.45, 2.75) is 33.2 Å². The number of rotatable bonds is 1. The Morgan fingerprint density at radius 1 is 1.00 bits per heavy atom. The third-order valence-electron chi connectivity index (χ3n) is 2.63. The molecule has 0 aliphatic heterocycles. The highest BCUT2D eigenvalue weighted by atomic mass is 15.3. The lowest BCUT2D eigenvalue weighted by atomic mass is 10.1. The Kier molecular flexibility index (Phi) is 2.58. The van der Waals surface area contributed by atoms with E-state index in [1.54, 1.807) is 0 Å². The van der Waals surface area contributed by atoms with Gasteiger partial charge in [-0.15, -0.1) is 0 Å². The molecule has 16 heavy (non-hydrogen) atoms. The fraction of sp³-hybridized carbons (Fsp3) is 0.357. The van der Waals surface area contributed by atoms with Crippen molar-refractivity contribution >= 4 is 0 Å². The molecule has 0 saturated heterocycles. The molecule has 2 heteroatoms.